The molecule has 0 rings (SSSR count). The van der Waals surface area contributed by atoms with Gasteiger partial charge in [-0.15, -0.1) is 0 Å². The van der Waals surface area contributed by atoms with Crippen molar-refractivity contribution < 1.29 is 0 Å². The van der Waals surface area contributed by atoms with Crippen molar-refractivity contribution in [2.24, 2.45) is 4.99 Å². The van der Waals surface area contributed by atoms with Crippen LogP contribution in [0, 0.1) is 0 Å². The van der Waals surface area contributed by atoms with Gasteiger partial charge in [0.1, 0.15) is 0 Å². The number of rotatable bonds is 4. The summed E-state index contributed by atoms with van der Waals surface area (Å²) < 4.78 is 0. The summed E-state index contributed by atoms with van der Waals surface area (Å²) in [6.45, 7) is 14.9. The molecule has 88 valence electrons. The lowest BCUT2D eigenvalue weighted by atomic mass is 10.1. The van der Waals surface area contributed by atoms with Gasteiger partial charge >= 0.3 is 0 Å². The lowest BCUT2D eigenvalue weighted by molar-refractivity contribution is 0.474. The fourth-order valence-corrected chi connectivity index (χ4v) is 1.42. The summed E-state index contributed by atoms with van der Waals surface area (Å²) in [5.41, 5.74) is 2.39. The molecule has 0 aromatic rings. The maximum absolute atomic E-state index is 4.57. The Labute approximate surface area is 94.9 Å². The van der Waals surface area contributed by atoms with Crippen LogP contribution in [-0.4, -0.2) is 17.3 Å². The van der Waals surface area contributed by atoms with E-state index in [0.29, 0.717) is 6.04 Å². The number of hydrogen-bond acceptors (Lipinski definition) is 2. The van der Waals surface area contributed by atoms with Gasteiger partial charge in [0.2, 0.25) is 0 Å². The Morgan fingerprint density at radius 1 is 1.33 bits per heavy atom. The van der Waals surface area contributed by atoms with Gasteiger partial charge < -0.3 is 5.32 Å². The average Bonchev–Trinajstić information content (AvgIpc) is 1.99. The van der Waals surface area contributed by atoms with Gasteiger partial charge in [0.05, 0.1) is 0 Å². The van der Waals surface area contributed by atoms with Crippen molar-refractivity contribution in [1.82, 2.24) is 5.32 Å². The van der Waals surface area contributed by atoms with Gasteiger partial charge in [0.25, 0.3) is 0 Å². The molecule has 2 heteroatoms. The van der Waals surface area contributed by atoms with Crippen LogP contribution in [0.3, 0.4) is 0 Å². The molecule has 0 bridgehead atoms. The van der Waals surface area contributed by atoms with Crippen LogP contribution in [-0.2, 0) is 0 Å². The molecule has 1 N–H and O–H groups in total. The van der Waals surface area contributed by atoms with Gasteiger partial charge in [0.15, 0.2) is 0 Å². The van der Waals surface area contributed by atoms with Gasteiger partial charge in [-0.05, 0) is 54.0 Å². The lowest BCUT2D eigenvalue weighted by Crippen LogP contribution is -2.34. The van der Waals surface area contributed by atoms with E-state index in [1.165, 1.54) is 5.70 Å². The second kappa shape index (κ2) is 5.94. The van der Waals surface area contributed by atoms with Crippen molar-refractivity contribution in [2.45, 2.75) is 66.5 Å². The Balaban J connectivity index is 4.42. The van der Waals surface area contributed by atoms with Gasteiger partial charge in [-0.2, -0.15) is 0 Å². The van der Waals surface area contributed by atoms with Crippen molar-refractivity contribution in [1.29, 1.82) is 0 Å². The fourth-order valence-electron chi connectivity index (χ4n) is 1.42. The zero-order valence-corrected chi connectivity index (χ0v) is 11.3. The van der Waals surface area contributed by atoms with E-state index < -0.39 is 0 Å². The van der Waals surface area contributed by atoms with Crippen molar-refractivity contribution in [2.75, 3.05) is 0 Å². The highest BCUT2D eigenvalue weighted by Crippen LogP contribution is 2.04. The maximum Gasteiger partial charge on any atom is 0.0472 e. The van der Waals surface area contributed by atoms with E-state index in [1.807, 2.05) is 0 Å². The summed E-state index contributed by atoms with van der Waals surface area (Å²) in [6, 6.07) is 0.420. The molecule has 0 heterocycles. The topological polar surface area (TPSA) is 24.4 Å². The Morgan fingerprint density at radius 3 is 2.27 bits per heavy atom. The minimum atomic E-state index is 0.122. The quantitative estimate of drug-likeness (QED) is 0.705. The first-order valence-corrected chi connectivity index (χ1v) is 5.75. The second-order valence-corrected chi connectivity index (χ2v) is 5.23. The van der Waals surface area contributed by atoms with Crippen LogP contribution >= 0.6 is 0 Å². The number of nitrogens with one attached hydrogen (secondary N) is 1. The van der Waals surface area contributed by atoms with E-state index >= 15 is 0 Å². The molecule has 0 aliphatic rings. The van der Waals surface area contributed by atoms with Crippen LogP contribution in [0.1, 0.15) is 54.9 Å². The van der Waals surface area contributed by atoms with E-state index in [9.17, 15) is 0 Å². The Bertz CT molecular complexity index is 244. The molecule has 0 aromatic carbocycles. The first-order valence-electron chi connectivity index (χ1n) is 5.75. The Hall–Kier alpha value is -0.790. The van der Waals surface area contributed by atoms with E-state index in [0.717, 1.165) is 12.1 Å². The minimum Gasteiger partial charge on any atom is -0.384 e. The standard InChI is InChI=1S/C13H26N2/c1-8-10(2)14-11(3)9-12(4)15-13(5,6)7/h9-10,15H,8H2,1-7H3/b12-9-,14-11?. The molecule has 0 spiro atoms. The molecule has 1 atom stereocenters. The van der Waals surface area contributed by atoms with Crippen LogP contribution in [0.4, 0.5) is 0 Å². The molecule has 0 saturated heterocycles. The third kappa shape index (κ3) is 8.22. The molecule has 0 aliphatic heterocycles. The van der Waals surface area contributed by atoms with Gasteiger partial charge in [-0.25, -0.2) is 0 Å². The van der Waals surface area contributed by atoms with Gasteiger partial charge in [-0.1, -0.05) is 6.92 Å². The highest BCUT2D eigenvalue weighted by atomic mass is 15.0. The fraction of sp³-hybridized carbons (Fsp3) is 0.769. The predicted octanol–water partition coefficient (Wildman–Crippen LogP) is 3.54. The molecular formula is C13H26N2. The monoisotopic (exact) mass is 210 g/mol. The zero-order chi connectivity index (χ0) is 12.1. The van der Waals surface area contributed by atoms with E-state index in [2.05, 4.69) is 64.9 Å². The molecule has 0 saturated carbocycles. The highest BCUT2D eigenvalue weighted by Gasteiger charge is 2.08. The largest absolute Gasteiger partial charge is 0.384 e. The molecule has 0 aromatic heterocycles. The van der Waals surface area contributed by atoms with E-state index in [-0.39, 0.29) is 5.54 Å². The molecular weight excluding hydrogens is 184 g/mol. The zero-order valence-electron chi connectivity index (χ0n) is 11.3. The first kappa shape index (κ1) is 14.2. The molecule has 0 amide bonds. The lowest BCUT2D eigenvalue weighted by Gasteiger charge is -2.22. The number of hydrogen-bond donors (Lipinski definition) is 1. The van der Waals surface area contributed by atoms with E-state index in [1.54, 1.807) is 0 Å². The van der Waals surface area contributed by atoms with Crippen LogP contribution in [0.5, 0.6) is 0 Å². The van der Waals surface area contributed by atoms with Crippen molar-refractivity contribution in [3.8, 4) is 0 Å². The Kier molecular flexibility index (Phi) is 5.63. The number of aliphatic imine (C=N–C) groups is 1. The summed E-state index contributed by atoms with van der Waals surface area (Å²) in [5, 5.41) is 3.42. The van der Waals surface area contributed by atoms with Crippen molar-refractivity contribution in [3.63, 3.8) is 0 Å². The predicted molar refractivity (Wildman–Crippen MR) is 69.5 cm³/mol. The van der Waals surface area contributed by atoms with Crippen LogP contribution < -0.4 is 5.32 Å². The second-order valence-electron chi connectivity index (χ2n) is 5.23. The first-order chi connectivity index (χ1) is 6.74. The summed E-state index contributed by atoms with van der Waals surface area (Å²) >= 11 is 0. The normalized spacial score (nSPS) is 16.5. The minimum absolute atomic E-state index is 0.122. The summed E-state index contributed by atoms with van der Waals surface area (Å²) in [5.74, 6) is 0. The Morgan fingerprint density at radius 2 is 1.87 bits per heavy atom. The van der Waals surface area contributed by atoms with Gasteiger partial charge in [0, 0.05) is 23.0 Å². The smallest absolute Gasteiger partial charge is 0.0472 e. The average molecular weight is 210 g/mol. The highest BCUT2D eigenvalue weighted by molar-refractivity contribution is 5.93. The number of nitrogens with zero attached hydrogens (tertiary/aromatic N) is 1. The summed E-state index contributed by atoms with van der Waals surface area (Å²) in [4.78, 5) is 4.57. The molecule has 0 radical (unpaired) electrons. The van der Waals surface area contributed by atoms with Gasteiger partial charge in [-0.3, -0.25) is 4.99 Å². The van der Waals surface area contributed by atoms with Crippen molar-refractivity contribution >= 4 is 5.71 Å². The molecule has 15 heavy (non-hydrogen) atoms. The molecule has 2 nitrogen and oxygen atoms in total. The third-order valence-electron chi connectivity index (χ3n) is 2.01. The van der Waals surface area contributed by atoms with Crippen molar-refractivity contribution in [3.05, 3.63) is 11.8 Å². The summed E-state index contributed by atoms with van der Waals surface area (Å²) in [6.07, 6.45) is 3.20. The summed E-state index contributed by atoms with van der Waals surface area (Å²) in [7, 11) is 0. The third-order valence-corrected chi connectivity index (χ3v) is 2.01. The van der Waals surface area contributed by atoms with E-state index in [4.69, 9.17) is 0 Å². The SMILES string of the molecule is CCC(C)N=C(C)/C=C(/C)NC(C)(C)C. The molecule has 1 unspecified atom stereocenters. The maximum atomic E-state index is 4.57. The number of allylic oxidation sites excluding steroid dienone is 2. The van der Waals surface area contributed by atoms with Crippen LogP contribution in [0.25, 0.3) is 0 Å². The van der Waals surface area contributed by atoms with Crippen LogP contribution in [0.2, 0.25) is 0 Å². The van der Waals surface area contributed by atoms with Crippen LogP contribution in [0.15, 0.2) is 16.8 Å². The molecule has 0 aliphatic carbocycles. The molecule has 0 fully saturated rings.